The molecule has 0 bridgehead atoms. The number of anilines is 1. The van der Waals surface area contributed by atoms with Crippen LogP contribution in [-0.4, -0.2) is 54.5 Å². The molecule has 4 rings (SSSR count). The monoisotopic (exact) mass is 392 g/mol. The van der Waals surface area contributed by atoms with Gasteiger partial charge in [-0.15, -0.1) is 0 Å². The van der Waals surface area contributed by atoms with Crippen LogP contribution in [0.5, 0.6) is 0 Å². The molecule has 2 aliphatic rings. The first-order valence-corrected chi connectivity index (χ1v) is 9.76. The molecule has 7 nitrogen and oxygen atoms in total. The van der Waals surface area contributed by atoms with Gasteiger partial charge in [0.25, 0.3) is 5.91 Å². The van der Waals surface area contributed by atoms with Gasteiger partial charge in [0, 0.05) is 31.9 Å². The van der Waals surface area contributed by atoms with Crippen molar-refractivity contribution in [2.75, 3.05) is 31.1 Å². The van der Waals surface area contributed by atoms with Crippen LogP contribution in [0, 0.1) is 0 Å². The van der Waals surface area contributed by atoms with Crippen LogP contribution in [0.15, 0.2) is 54.6 Å². The van der Waals surface area contributed by atoms with Crippen LogP contribution in [-0.2, 0) is 9.59 Å². The first-order chi connectivity index (χ1) is 13.9. The highest BCUT2D eigenvalue weighted by Crippen LogP contribution is 2.24. The molecule has 1 unspecified atom stereocenters. The van der Waals surface area contributed by atoms with E-state index >= 15 is 0 Å². The Kier molecular flexibility index (Phi) is 4.96. The minimum absolute atomic E-state index is 0.0314. The lowest BCUT2D eigenvalue weighted by Crippen LogP contribution is -2.53. The highest BCUT2D eigenvalue weighted by Gasteiger charge is 2.44. The summed E-state index contributed by atoms with van der Waals surface area (Å²) in [6.45, 7) is 4.21. The van der Waals surface area contributed by atoms with E-state index in [0.29, 0.717) is 13.1 Å². The maximum atomic E-state index is 12.6. The van der Waals surface area contributed by atoms with Gasteiger partial charge in [-0.05, 0) is 30.2 Å². The van der Waals surface area contributed by atoms with Gasteiger partial charge in [-0.1, -0.05) is 42.5 Å². The number of rotatable bonds is 4. The van der Waals surface area contributed by atoms with Crippen molar-refractivity contribution in [1.82, 2.24) is 15.5 Å². The lowest BCUT2D eigenvalue weighted by molar-refractivity contribution is -0.136. The molecule has 2 heterocycles. The molecular weight excluding hydrogens is 368 g/mol. The minimum atomic E-state index is -1.17. The number of amides is 4. The van der Waals surface area contributed by atoms with E-state index in [9.17, 15) is 14.4 Å². The number of urea groups is 1. The normalized spacial score (nSPS) is 21.7. The number of nitrogens with zero attached hydrogens (tertiary/aromatic N) is 2. The second-order valence-corrected chi connectivity index (χ2v) is 7.70. The molecular formula is C22H24N4O3. The van der Waals surface area contributed by atoms with Crippen LogP contribution in [0.3, 0.4) is 0 Å². The number of nitrogens with one attached hydrogen (secondary N) is 2. The Morgan fingerprint density at radius 3 is 2.14 bits per heavy atom. The standard InChI is InChI=1S/C22H24N4O3/c1-22(20(28)23-21(29)24-22)15-19(27)26-13-11-25(12-14-26)18-9-7-17(8-10-18)16-5-3-2-4-6-16/h2-10H,11-15H2,1H3,(H2,23,24,28,29). The topological polar surface area (TPSA) is 81.8 Å². The second-order valence-electron chi connectivity index (χ2n) is 7.70. The lowest BCUT2D eigenvalue weighted by Gasteiger charge is -2.37. The number of imide groups is 1. The van der Waals surface area contributed by atoms with Crippen LogP contribution < -0.4 is 15.5 Å². The molecule has 4 amide bonds. The summed E-state index contributed by atoms with van der Waals surface area (Å²) < 4.78 is 0. The third-order valence-electron chi connectivity index (χ3n) is 5.59. The summed E-state index contributed by atoms with van der Waals surface area (Å²) in [4.78, 5) is 39.9. The molecule has 0 spiro atoms. The molecule has 7 heteroatoms. The molecule has 2 aromatic rings. The molecule has 0 aliphatic carbocycles. The molecule has 2 aliphatic heterocycles. The highest BCUT2D eigenvalue weighted by molar-refractivity contribution is 6.08. The van der Waals surface area contributed by atoms with Crippen molar-refractivity contribution in [3.8, 4) is 11.1 Å². The van der Waals surface area contributed by atoms with Crippen molar-refractivity contribution in [3.05, 3.63) is 54.6 Å². The number of benzene rings is 2. The molecule has 0 radical (unpaired) electrons. The molecule has 2 aromatic carbocycles. The number of carbonyl (C=O) groups is 3. The molecule has 0 saturated carbocycles. The van der Waals surface area contributed by atoms with E-state index in [2.05, 4.69) is 51.9 Å². The average molecular weight is 392 g/mol. The van der Waals surface area contributed by atoms with Gasteiger partial charge in [-0.2, -0.15) is 0 Å². The fourth-order valence-electron chi connectivity index (χ4n) is 3.83. The zero-order valence-corrected chi connectivity index (χ0v) is 16.4. The maximum Gasteiger partial charge on any atom is 0.322 e. The molecule has 2 N–H and O–H groups in total. The Morgan fingerprint density at radius 1 is 0.931 bits per heavy atom. The summed E-state index contributed by atoms with van der Waals surface area (Å²) in [5.41, 5.74) is 2.32. The third kappa shape index (κ3) is 3.94. The van der Waals surface area contributed by atoms with Gasteiger partial charge in [0.2, 0.25) is 5.91 Å². The average Bonchev–Trinajstić information content (AvgIpc) is 2.99. The summed E-state index contributed by atoms with van der Waals surface area (Å²) in [5, 5.41) is 4.74. The van der Waals surface area contributed by atoms with Crippen molar-refractivity contribution >= 4 is 23.5 Å². The fourth-order valence-corrected chi connectivity index (χ4v) is 3.83. The van der Waals surface area contributed by atoms with Crippen LogP contribution in [0.1, 0.15) is 13.3 Å². The summed E-state index contributed by atoms with van der Waals surface area (Å²) in [6, 6.07) is 18.1. The molecule has 29 heavy (non-hydrogen) atoms. The number of carbonyl (C=O) groups excluding carboxylic acids is 3. The van der Waals surface area contributed by atoms with Gasteiger partial charge in [0.05, 0.1) is 6.42 Å². The van der Waals surface area contributed by atoms with E-state index in [1.165, 1.54) is 11.1 Å². The molecule has 0 aromatic heterocycles. The first kappa shape index (κ1) is 19.0. The SMILES string of the molecule is CC1(CC(=O)N2CCN(c3ccc(-c4ccccc4)cc3)CC2)NC(=O)NC1=O. The third-order valence-corrected chi connectivity index (χ3v) is 5.59. The van der Waals surface area contributed by atoms with Crippen molar-refractivity contribution < 1.29 is 14.4 Å². The van der Waals surface area contributed by atoms with Crippen molar-refractivity contribution in [2.45, 2.75) is 18.9 Å². The Balaban J connectivity index is 1.34. The molecule has 150 valence electrons. The van der Waals surface area contributed by atoms with Crippen molar-refractivity contribution in [3.63, 3.8) is 0 Å². The fraction of sp³-hybridized carbons (Fsp3) is 0.318. The van der Waals surface area contributed by atoms with Gasteiger partial charge in [0.1, 0.15) is 5.54 Å². The number of piperazine rings is 1. The van der Waals surface area contributed by atoms with E-state index in [1.807, 2.05) is 18.2 Å². The first-order valence-electron chi connectivity index (χ1n) is 9.76. The van der Waals surface area contributed by atoms with Crippen LogP contribution in [0.25, 0.3) is 11.1 Å². The van der Waals surface area contributed by atoms with E-state index < -0.39 is 17.5 Å². The zero-order chi connectivity index (χ0) is 20.4. The van der Waals surface area contributed by atoms with Gasteiger partial charge in [0.15, 0.2) is 0 Å². The second kappa shape index (κ2) is 7.58. The predicted molar refractivity (Wildman–Crippen MR) is 110 cm³/mol. The summed E-state index contributed by atoms with van der Waals surface area (Å²) in [5.74, 6) is -0.572. The number of hydrogen-bond donors (Lipinski definition) is 2. The van der Waals surface area contributed by atoms with Gasteiger partial charge >= 0.3 is 6.03 Å². The Bertz CT molecular complexity index is 921. The molecule has 2 fully saturated rings. The summed E-state index contributed by atoms with van der Waals surface area (Å²) in [6.07, 6.45) is -0.0314. The van der Waals surface area contributed by atoms with Gasteiger partial charge in [-0.25, -0.2) is 4.79 Å². The van der Waals surface area contributed by atoms with Crippen LogP contribution in [0.4, 0.5) is 10.5 Å². The highest BCUT2D eigenvalue weighted by atomic mass is 16.2. The smallest absolute Gasteiger partial charge is 0.322 e. The predicted octanol–water partition coefficient (Wildman–Crippen LogP) is 1.99. The quantitative estimate of drug-likeness (QED) is 0.780. The van der Waals surface area contributed by atoms with Crippen molar-refractivity contribution in [1.29, 1.82) is 0 Å². The van der Waals surface area contributed by atoms with E-state index in [1.54, 1.807) is 11.8 Å². The van der Waals surface area contributed by atoms with Gasteiger partial charge < -0.3 is 15.1 Å². The van der Waals surface area contributed by atoms with E-state index in [0.717, 1.165) is 18.8 Å². The van der Waals surface area contributed by atoms with Crippen LogP contribution >= 0.6 is 0 Å². The number of hydrogen-bond acceptors (Lipinski definition) is 4. The Hall–Kier alpha value is -3.35. The van der Waals surface area contributed by atoms with E-state index in [4.69, 9.17) is 0 Å². The zero-order valence-electron chi connectivity index (χ0n) is 16.4. The minimum Gasteiger partial charge on any atom is -0.368 e. The largest absolute Gasteiger partial charge is 0.368 e. The van der Waals surface area contributed by atoms with Crippen LogP contribution in [0.2, 0.25) is 0 Å². The maximum absolute atomic E-state index is 12.6. The molecule has 2 saturated heterocycles. The Labute approximate surface area is 169 Å². The van der Waals surface area contributed by atoms with E-state index in [-0.39, 0.29) is 12.3 Å². The summed E-state index contributed by atoms with van der Waals surface area (Å²) in [7, 11) is 0. The summed E-state index contributed by atoms with van der Waals surface area (Å²) >= 11 is 0. The van der Waals surface area contributed by atoms with Crippen molar-refractivity contribution in [2.24, 2.45) is 0 Å². The Morgan fingerprint density at radius 2 is 1.55 bits per heavy atom. The lowest BCUT2D eigenvalue weighted by atomic mass is 9.97. The molecule has 1 atom stereocenters. The van der Waals surface area contributed by atoms with Gasteiger partial charge in [-0.3, -0.25) is 14.9 Å².